The van der Waals surface area contributed by atoms with Crippen LogP contribution in [-0.4, -0.2) is 48.8 Å². The number of hydrogen-bond acceptors (Lipinski definition) is 3. The van der Waals surface area contributed by atoms with Crippen LogP contribution in [0.5, 0.6) is 0 Å². The second kappa shape index (κ2) is 4.07. The zero-order valence-electron chi connectivity index (χ0n) is 8.25. The topological polar surface area (TPSA) is 49.8 Å². The average molecular weight is 187 g/mol. The Labute approximate surface area is 78.5 Å². The first kappa shape index (κ1) is 10.5. The van der Waals surface area contributed by atoms with Crippen LogP contribution in [0, 0.1) is 0 Å². The van der Waals surface area contributed by atoms with E-state index in [4.69, 9.17) is 9.84 Å². The third-order valence-corrected chi connectivity index (χ3v) is 2.85. The molecule has 0 aliphatic carbocycles. The Balaban J connectivity index is 2.67. The molecule has 4 nitrogen and oxygen atoms in total. The molecule has 1 N–H and O–H groups in total. The van der Waals surface area contributed by atoms with Gasteiger partial charge in [0.05, 0.1) is 6.42 Å². The highest BCUT2D eigenvalue weighted by molar-refractivity contribution is 5.68. The number of carboxylic acid groups (broad SMARTS) is 1. The molecule has 1 aliphatic heterocycles. The maximum absolute atomic E-state index is 10.7. The summed E-state index contributed by atoms with van der Waals surface area (Å²) >= 11 is 0. The number of rotatable bonds is 3. The van der Waals surface area contributed by atoms with Gasteiger partial charge in [0.1, 0.15) is 0 Å². The van der Waals surface area contributed by atoms with Crippen LogP contribution >= 0.6 is 0 Å². The molecule has 0 aromatic rings. The number of carboxylic acids is 1. The molecular weight excluding hydrogens is 170 g/mol. The predicted molar refractivity (Wildman–Crippen MR) is 48.7 cm³/mol. The van der Waals surface area contributed by atoms with E-state index >= 15 is 0 Å². The third kappa shape index (κ3) is 2.42. The van der Waals surface area contributed by atoms with Crippen LogP contribution < -0.4 is 0 Å². The van der Waals surface area contributed by atoms with E-state index in [1.54, 1.807) is 0 Å². The lowest BCUT2D eigenvalue weighted by molar-refractivity contribution is -0.142. The molecule has 0 spiro atoms. The van der Waals surface area contributed by atoms with Gasteiger partial charge < -0.3 is 14.7 Å². The molecule has 0 bridgehead atoms. The van der Waals surface area contributed by atoms with Gasteiger partial charge in [-0.2, -0.15) is 0 Å². The molecule has 0 aromatic carbocycles. The summed E-state index contributed by atoms with van der Waals surface area (Å²) in [7, 11) is 3.88. The van der Waals surface area contributed by atoms with Gasteiger partial charge >= 0.3 is 5.97 Å². The Morgan fingerprint density at radius 2 is 2.00 bits per heavy atom. The minimum Gasteiger partial charge on any atom is -0.481 e. The Hall–Kier alpha value is -0.610. The number of carbonyl (C=O) groups is 1. The van der Waals surface area contributed by atoms with Gasteiger partial charge in [-0.15, -0.1) is 0 Å². The lowest BCUT2D eigenvalue weighted by Crippen LogP contribution is -2.49. The molecule has 1 rings (SSSR count). The van der Waals surface area contributed by atoms with Crippen LogP contribution in [-0.2, 0) is 9.53 Å². The van der Waals surface area contributed by atoms with Crippen LogP contribution in [0.4, 0.5) is 0 Å². The van der Waals surface area contributed by atoms with Crippen LogP contribution in [0.2, 0.25) is 0 Å². The van der Waals surface area contributed by atoms with Gasteiger partial charge in [0.2, 0.25) is 0 Å². The van der Waals surface area contributed by atoms with E-state index in [0.717, 1.165) is 12.8 Å². The Morgan fingerprint density at radius 3 is 2.38 bits per heavy atom. The normalized spacial score (nSPS) is 21.8. The molecular formula is C9H17NO3. The average Bonchev–Trinajstić information content (AvgIpc) is 2.04. The highest BCUT2D eigenvalue weighted by Crippen LogP contribution is 2.29. The molecule has 76 valence electrons. The first-order valence-corrected chi connectivity index (χ1v) is 4.54. The summed E-state index contributed by atoms with van der Waals surface area (Å²) < 4.78 is 5.24. The predicted octanol–water partition coefficient (Wildman–Crippen LogP) is 0.572. The molecule has 1 heterocycles. The molecule has 4 heteroatoms. The fraction of sp³-hybridized carbons (Fsp3) is 0.889. The number of ether oxygens (including phenoxy) is 1. The highest BCUT2D eigenvalue weighted by Gasteiger charge is 2.36. The van der Waals surface area contributed by atoms with E-state index in [0.29, 0.717) is 13.2 Å². The first-order chi connectivity index (χ1) is 6.07. The van der Waals surface area contributed by atoms with Gasteiger partial charge in [-0.05, 0) is 26.9 Å². The zero-order valence-corrected chi connectivity index (χ0v) is 8.25. The van der Waals surface area contributed by atoms with E-state index < -0.39 is 5.97 Å². The molecule has 0 aromatic heterocycles. The molecule has 0 radical (unpaired) electrons. The van der Waals surface area contributed by atoms with Crippen molar-refractivity contribution in [3.8, 4) is 0 Å². The van der Waals surface area contributed by atoms with Crippen molar-refractivity contribution in [2.75, 3.05) is 27.3 Å². The number of hydrogen-bond donors (Lipinski definition) is 1. The van der Waals surface area contributed by atoms with Gasteiger partial charge in [-0.3, -0.25) is 4.79 Å². The first-order valence-electron chi connectivity index (χ1n) is 4.54. The van der Waals surface area contributed by atoms with Crippen molar-refractivity contribution in [1.82, 2.24) is 4.90 Å². The quantitative estimate of drug-likeness (QED) is 0.702. The van der Waals surface area contributed by atoms with Crippen molar-refractivity contribution in [1.29, 1.82) is 0 Å². The van der Waals surface area contributed by atoms with Gasteiger partial charge in [0, 0.05) is 18.8 Å². The molecule has 13 heavy (non-hydrogen) atoms. The summed E-state index contributed by atoms with van der Waals surface area (Å²) in [4.78, 5) is 12.7. The summed E-state index contributed by atoms with van der Waals surface area (Å²) in [6.45, 7) is 1.34. The van der Waals surface area contributed by atoms with Crippen LogP contribution in [0.3, 0.4) is 0 Å². The lowest BCUT2D eigenvalue weighted by atomic mass is 9.85. The van der Waals surface area contributed by atoms with Gasteiger partial charge in [-0.1, -0.05) is 0 Å². The number of nitrogens with zero attached hydrogens (tertiary/aromatic N) is 1. The summed E-state index contributed by atoms with van der Waals surface area (Å²) in [6, 6.07) is 0. The Morgan fingerprint density at radius 1 is 1.46 bits per heavy atom. The molecule has 1 aliphatic rings. The van der Waals surface area contributed by atoms with E-state index in [2.05, 4.69) is 0 Å². The van der Waals surface area contributed by atoms with Crippen LogP contribution in [0.1, 0.15) is 19.3 Å². The molecule has 0 saturated carbocycles. The minimum atomic E-state index is -0.726. The molecule has 0 atom stereocenters. The fourth-order valence-electron chi connectivity index (χ4n) is 1.81. The van der Waals surface area contributed by atoms with Gasteiger partial charge in [-0.25, -0.2) is 0 Å². The van der Waals surface area contributed by atoms with Crippen molar-refractivity contribution in [2.45, 2.75) is 24.8 Å². The second-order valence-electron chi connectivity index (χ2n) is 3.80. The summed E-state index contributed by atoms with van der Waals surface area (Å²) in [5.41, 5.74) is -0.190. The molecule has 0 unspecified atom stereocenters. The summed E-state index contributed by atoms with van der Waals surface area (Å²) in [5, 5.41) is 8.81. The third-order valence-electron chi connectivity index (χ3n) is 2.85. The maximum Gasteiger partial charge on any atom is 0.305 e. The minimum absolute atomic E-state index is 0.190. The van der Waals surface area contributed by atoms with Crippen molar-refractivity contribution in [3.05, 3.63) is 0 Å². The smallest absolute Gasteiger partial charge is 0.305 e. The summed E-state index contributed by atoms with van der Waals surface area (Å²) in [5.74, 6) is -0.726. The van der Waals surface area contributed by atoms with Crippen LogP contribution in [0.25, 0.3) is 0 Å². The summed E-state index contributed by atoms with van der Waals surface area (Å²) in [6.07, 6.45) is 1.84. The van der Waals surface area contributed by atoms with Crippen molar-refractivity contribution in [3.63, 3.8) is 0 Å². The van der Waals surface area contributed by atoms with E-state index in [1.807, 2.05) is 19.0 Å². The van der Waals surface area contributed by atoms with Gasteiger partial charge in [0.15, 0.2) is 0 Å². The number of aliphatic carboxylic acids is 1. The van der Waals surface area contributed by atoms with E-state index in [9.17, 15) is 4.79 Å². The standard InChI is InChI=1S/C9H17NO3/c1-10(2)9(7-8(11)12)3-5-13-6-4-9/h3-7H2,1-2H3,(H,11,12). The Kier molecular flexibility index (Phi) is 3.27. The SMILES string of the molecule is CN(C)C1(CC(=O)O)CCOCC1. The van der Waals surface area contributed by atoms with Crippen molar-refractivity contribution < 1.29 is 14.6 Å². The van der Waals surface area contributed by atoms with Gasteiger partial charge in [0.25, 0.3) is 0 Å². The van der Waals surface area contributed by atoms with Crippen molar-refractivity contribution in [2.24, 2.45) is 0 Å². The van der Waals surface area contributed by atoms with Crippen LogP contribution in [0.15, 0.2) is 0 Å². The largest absolute Gasteiger partial charge is 0.481 e. The maximum atomic E-state index is 10.7. The lowest BCUT2D eigenvalue weighted by Gasteiger charge is -2.41. The fourth-order valence-corrected chi connectivity index (χ4v) is 1.81. The monoisotopic (exact) mass is 187 g/mol. The molecule has 0 amide bonds. The zero-order chi connectivity index (χ0) is 9.90. The second-order valence-corrected chi connectivity index (χ2v) is 3.80. The van der Waals surface area contributed by atoms with E-state index in [-0.39, 0.29) is 12.0 Å². The molecule has 1 fully saturated rings. The molecule has 1 saturated heterocycles. The highest BCUT2D eigenvalue weighted by atomic mass is 16.5. The van der Waals surface area contributed by atoms with Crippen molar-refractivity contribution >= 4 is 5.97 Å². The van der Waals surface area contributed by atoms with E-state index in [1.165, 1.54) is 0 Å². The Bertz CT molecular complexity index is 185.